The molecule has 3 heteroatoms. The molecule has 0 rings (SSSR count). The zero-order valence-electron chi connectivity index (χ0n) is 13.4. The Morgan fingerprint density at radius 2 is 1.11 bits per heavy atom. The number of rotatable bonds is 11. The van der Waals surface area contributed by atoms with Crippen molar-refractivity contribution in [2.75, 3.05) is 61.0 Å². The summed E-state index contributed by atoms with van der Waals surface area (Å²) in [5.74, 6) is 0. The van der Waals surface area contributed by atoms with Gasteiger partial charge in [-0.05, 0) is 32.1 Å². The predicted molar refractivity (Wildman–Crippen MR) is 79.5 cm³/mol. The molecule has 0 amide bonds. The molecule has 0 radical (unpaired) electrons. The van der Waals surface area contributed by atoms with Crippen LogP contribution in [0.3, 0.4) is 0 Å². The normalized spacial score (nSPS) is 13.0. The lowest BCUT2D eigenvalue weighted by Crippen LogP contribution is -2.42. The fourth-order valence-corrected chi connectivity index (χ4v) is 2.53. The second-order valence-electron chi connectivity index (χ2n) is 6.90. The molecular formula is C15H36N2O+2. The maximum atomic E-state index is 8.96. The SMILES string of the molecule is CCC[N+](C)(C)CCCCCC[N+](C)(C)CCO. The third-order valence-electron chi connectivity index (χ3n) is 3.81. The lowest BCUT2D eigenvalue weighted by molar-refractivity contribution is -0.891. The average Bonchev–Trinajstić information content (AvgIpc) is 2.22. The van der Waals surface area contributed by atoms with Crippen molar-refractivity contribution in [3.05, 3.63) is 0 Å². The topological polar surface area (TPSA) is 20.2 Å². The first-order chi connectivity index (χ1) is 8.33. The van der Waals surface area contributed by atoms with E-state index in [-0.39, 0.29) is 0 Å². The van der Waals surface area contributed by atoms with Crippen LogP contribution in [0.1, 0.15) is 39.0 Å². The Bertz CT molecular complexity index is 181. The van der Waals surface area contributed by atoms with E-state index in [9.17, 15) is 0 Å². The number of likely N-dealkylation sites (N-methyl/N-ethyl adjacent to an activating group) is 1. The molecule has 0 heterocycles. The Morgan fingerprint density at radius 3 is 1.50 bits per heavy atom. The Hall–Kier alpha value is -0.120. The van der Waals surface area contributed by atoms with E-state index >= 15 is 0 Å². The van der Waals surface area contributed by atoms with Crippen LogP contribution in [0, 0.1) is 0 Å². The van der Waals surface area contributed by atoms with Crippen molar-refractivity contribution in [2.24, 2.45) is 0 Å². The van der Waals surface area contributed by atoms with Gasteiger partial charge in [-0.3, -0.25) is 0 Å². The standard InChI is InChI=1S/C15H36N2O/c1-6-11-16(2,3)12-9-7-8-10-13-17(4,5)14-15-18/h18H,6-15H2,1-5H3/q+2. The molecule has 1 N–H and O–H groups in total. The van der Waals surface area contributed by atoms with Crippen LogP contribution in [0.4, 0.5) is 0 Å². The number of quaternary nitrogens is 2. The van der Waals surface area contributed by atoms with Crippen molar-refractivity contribution in [1.82, 2.24) is 0 Å². The minimum Gasteiger partial charge on any atom is -0.391 e. The van der Waals surface area contributed by atoms with Gasteiger partial charge in [0, 0.05) is 0 Å². The average molecular weight is 260 g/mol. The van der Waals surface area contributed by atoms with Gasteiger partial charge in [0.1, 0.15) is 6.54 Å². The van der Waals surface area contributed by atoms with Gasteiger partial charge >= 0.3 is 0 Å². The van der Waals surface area contributed by atoms with E-state index in [1.54, 1.807) is 0 Å². The highest BCUT2D eigenvalue weighted by atomic mass is 16.3. The van der Waals surface area contributed by atoms with Crippen LogP contribution in [-0.4, -0.2) is 75.0 Å². The summed E-state index contributed by atoms with van der Waals surface area (Å²) in [5.41, 5.74) is 0. The molecule has 0 spiro atoms. The Morgan fingerprint density at radius 1 is 0.667 bits per heavy atom. The zero-order chi connectivity index (χ0) is 14.1. The number of hydrogen-bond acceptors (Lipinski definition) is 1. The smallest absolute Gasteiger partial charge is 0.102 e. The Kier molecular flexibility index (Phi) is 8.83. The monoisotopic (exact) mass is 260 g/mol. The van der Waals surface area contributed by atoms with Crippen molar-refractivity contribution in [3.63, 3.8) is 0 Å². The van der Waals surface area contributed by atoms with Gasteiger partial charge in [0.25, 0.3) is 0 Å². The van der Waals surface area contributed by atoms with Gasteiger partial charge < -0.3 is 14.1 Å². The van der Waals surface area contributed by atoms with Gasteiger partial charge in [-0.25, -0.2) is 0 Å². The summed E-state index contributed by atoms with van der Waals surface area (Å²) >= 11 is 0. The second kappa shape index (κ2) is 8.89. The molecule has 0 aliphatic rings. The van der Waals surface area contributed by atoms with Crippen LogP contribution < -0.4 is 0 Å². The fourth-order valence-electron chi connectivity index (χ4n) is 2.53. The number of hydrogen-bond donors (Lipinski definition) is 1. The summed E-state index contributed by atoms with van der Waals surface area (Å²) in [4.78, 5) is 0. The van der Waals surface area contributed by atoms with E-state index < -0.39 is 0 Å². The van der Waals surface area contributed by atoms with Crippen molar-refractivity contribution in [3.8, 4) is 0 Å². The molecule has 0 aliphatic carbocycles. The molecular weight excluding hydrogens is 224 g/mol. The van der Waals surface area contributed by atoms with E-state index in [0.717, 1.165) is 11.0 Å². The summed E-state index contributed by atoms with van der Waals surface area (Å²) in [7, 11) is 9.09. The molecule has 0 saturated carbocycles. The minimum absolute atomic E-state index is 0.301. The van der Waals surface area contributed by atoms with Crippen LogP contribution in [0.25, 0.3) is 0 Å². The van der Waals surface area contributed by atoms with Crippen LogP contribution in [-0.2, 0) is 0 Å². The van der Waals surface area contributed by atoms with Crippen molar-refractivity contribution in [1.29, 1.82) is 0 Å². The molecule has 3 nitrogen and oxygen atoms in total. The zero-order valence-corrected chi connectivity index (χ0v) is 13.4. The van der Waals surface area contributed by atoms with Crippen molar-refractivity contribution in [2.45, 2.75) is 39.0 Å². The molecule has 110 valence electrons. The highest BCUT2D eigenvalue weighted by molar-refractivity contribution is 4.44. The lowest BCUT2D eigenvalue weighted by atomic mass is 10.1. The number of aliphatic hydroxyl groups is 1. The Balaban J connectivity index is 3.52. The van der Waals surface area contributed by atoms with Gasteiger partial charge in [0.05, 0.1) is 54.4 Å². The van der Waals surface area contributed by atoms with Crippen molar-refractivity contribution >= 4 is 0 Å². The first kappa shape index (κ1) is 17.9. The van der Waals surface area contributed by atoms with E-state index in [1.165, 1.54) is 56.2 Å². The van der Waals surface area contributed by atoms with Gasteiger partial charge in [-0.1, -0.05) is 6.92 Å². The largest absolute Gasteiger partial charge is 0.391 e. The highest BCUT2D eigenvalue weighted by Crippen LogP contribution is 2.08. The summed E-state index contributed by atoms with van der Waals surface area (Å²) < 4.78 is 2.12. The maximum absolute atomic E-state index is 8.96. The van der Waals surface area contributed by atoms with E-state index in [4.69, 9.17) is 5.11 Å². The maximum Gasteiger partial charge on any atom is 0.102 e. The number of aliphatic hydroxyl groups excluding tert-OH is 1. The lowest BCUT2D eigenvalue weighted by Gasteiger charge is -2.30. The second-order valence-corrected chi connectivity index (χ2v) is 6.90. The molecule has 0 atom stereocenters. The first-order valence-corrected chi connectivity index (χ1v) is 7.58. The summed E-state index contributed by atoms with van der Waals surface area (Å²) in [6, 6.07) is 0. The van der Waals surface area contributed by atoms with Crippen molar-refractivity contribution < 1.29 is 14.1 Å². The van der Waals surface area contributed by atoms with Crippen LogP contribution >= 0.6 is 0 Å². The predicted octanol–water partition coefficient (Wildman–Crippen LogP) is 2.10. The number of unbranched alkanes of at least 4 members (excludes halogenated alkanes) is 3. The first-order valence-electron chi connectivity index (χ1n) is 7.58. The van der Waals surface area contributed by atoms with E-state index in [1.807, 2.05) is 0 Å². The van der Waals surface area contributed by atoms with Crippen LogP contribution in [0.15, 0.2) is 0 Å². The fraction of sp³-hybridized carbons (Fsp3) is 1.00. The van der Waals surface area contributed by atoms with Crippen LogP contribution in [0.2, 0.25) is 0 Å². The summed E-state index contributed by atoms with van der Waals surface area (Å²) in [6.07, 6.45) is 6.60. The number of nitrogens with zero attached hydrogens (tertiary/aromatic N) is 2. The van der Waals surface area contributed by atoms with Gasteiger partial charge in [0.15, 0.2) is 0 Å². The third-order valence-corrected chi connectivity index (χ3v) is 3.81. The highest BCUT2D eigenvalue weighted by Gasteiger charge is 2.14. The molecule has 0 aromatic rings. The van der Waals surface area contributed by atoms with Gasteiger partial charge in [-0.15, -0.1) is 0 Å². The van der Waals surface area contributed by atoms with Gasteiger partial charge in [0.2, 0.25) is 0 Å². The van der Waals surface area contributed by atoms with E-state index in [2.05, 4.69) is 35.1 Å². The quantitative estimate of drug-likeness (QED) is 0.445. The van der Waals surface area contributed by atoms with Gasteiger partial charge in [-0.2, -0.15) is 0 Å². The molecule has 0 aromatic carbocycles. The molecule has 0 unspecified atom stereocenters. The summed E-state index contributed by atoms with van der Waals surface area (Å²) in [6.45, 7) is 7.23. The minimum atomic E-state index is 0.301. The summed E-state index contributed by atoms with van der Waals surface area (Å²) in [5, 5.41) is 8.96. The van der Waals surface area contributed by atoms with Crippen LogP contribution in [0.5, 0.6) is 0 Å². The molecule has 0 aromatic heterocycles. The molecule has 18 heavy (non-hydrogen) atoms. The van der Waals surface area contributed by atoms with E-state index in [0.29, 0.717) is 6.61 Å². The molecule has 0 saturated heterocycles. The third kappa shape index (κ3) is 9.86. The molecule has 0 bridgehead atoms. The molecule has 0 aliphatic heterocycles. The molecule has 0 fully saturated rings. The Labute approximate surface area is 115 Å².